The van der Waals surface area contributed by atoms with E-state index < -0.39 is 0 Å². The highest BCUT2D eigenvalue weighted by atomic mass is 16.3. The molecule has 0 amide bonds. The minimum atomic E-state index is -0.0103. The highest BCUT2D eigenvalue weighted by Crippen LogP contribution is 2.41. The summed E-state index contributed by atoms with van der Waals surface area (Å²) >= 11 is 0. The Labute approximate surface area is 106 Å². The van der Waals surface area contributed by atoms with Crippen LogP contribution >= 0.6 is 0 Å². The maximum absolute atomic E-state index is 9.85. The van der Waals surface area contributed by atoms with E-state index in [1.807, 2.05) is 0 Å². The van der Waals surface area contributed by atoms with E-state index >= 15 is 0 Å². The number of nitrogens with zero attached hydrogens (tertiary/aromatic N) is 1. The van der Waals surface area contributed by atoms with Crippen LogP contribution in [-0.2, 0) is 0 Å². The van der Waals surface area contributed by atoms with Gasteiger partial charge in [0, 0.05) is 12.6 Å². The van der Waals surface area contributed by atoms with Gasteiger partial charge in [0.2, 0.25) is 0 Å². The summed E-state index contributed by atoms with van der Waals surface area (Å²) in [6.45, 7) is 4.68. The lowest BCUT2D eigenvalue weighted by molar-refractivity contribution is 0.0984. The summed E-state index contributed by atoms with van der Waals surface area (Å²) in [5.74, 6) is 0.706. The fraction of sp³-hybridized carbons (Fsp3) is 1.00. The van der Waals surface area contributed by atoms with Crippen LogP contribution < -0.4 is 5.32 Å². The molecule has 100 valence electrons. The minimum Gasteiger partial charge on any atom is -0.394 e. The Kier molecular flexibility index (Phi) is 4.45. The molecule has 0 bridgehead atoms. The topological polar surface area (TPSA) is 35.5 Å². The number of nitrogens with one attached hydrogen (secondary N) is 1. The molecule has 2 N–H and O–H groups in total. The maximum atomic E-state index is 9.85. The molecule has 0 radical (unpaired) electrons. The van der Waals surface area contributed by atoms with Crippen LogP contribution in [0.4, 0.5) is 0 Å². The van der Waals surface area contributed by atoms with Crippen molar-refractivity contribution in [3.05, 3.63) is 0 Å². The summed E-state index contributed by atoms with van der Waals surface area (Å²) in [6, 6.07) is 0.683. The van der Waals surface area contributed by atoms with Crippen LogP contribution in [0.1, 0.15) is 45.4 Å². The van der Waals surface area contributed by atoms with Crippen molar-refractivity contribution in [2.24, 2.45) is 5.92 Å². The molecule has 1 unspecified atom stereocenters. The second kappa shape index (κ2) is 5.68. The Morgan fingerprint density at radius 3 is 2.47 bits per heavy atom. The van der Waals surface area contributed by atoms with Crippen LogP contribution in [0.5, 0.6) is 0 Å². The highest BCUT2D eigenvalue weighted by molar-refractivity contribution is 5.05. The van der Waals surface area contributed by atoms with Gasteiger partial charge in [0.15, 0.2) is 0 Å². The third-order valence-electron chi connectivity index (χ3n) is 4.16. The van der Waals surface area contributed by atoms with E-state index in [1.165, 1.54) is 38.5 Å². The fourth-order valence-corrected chi connectivity index (χ4v) is 2.78. The van der Waals surface area contributed by atoms with E-state index in [0.29, 0.717) is 18.6 Å². The zero-order valence-electron chi connectivity index (χ0n) is 11.4. The number of hydrogen-bond acceptors (Lipinski definition) is 3. The van der Waals surface area contributed by atoms with E-state index in [9.17, 15) is 5.11 Å². The summed E-state index contributed by atoms with van der Waals surface area (Å²) in [5, 5.41) is 13.6. The van der Waals surface area contributed by atoms with E-state index in [1.54, 1.807) is 0 Å². The summed E-state index contributed by atoms with van der Waals surface area (Å²) < 4.78 is 0. The van der Waals surface area contributed by atoms with Gasteiger partial charge in [0.1, 0.15) is 0 Å². The van der Waals surface area contributed by atoms with Crippen molar-refractivity contribution in [2.75, 3.05) is 26.7 Å². The number of hydrogen-bond donors (Lipinski definition) is 2. The third-order valence-corrected chi connectivity index (χ3v) is 4.16. The van der Waals surface area contributed by atoms with Gasteiger partial charge in [-0.2, -0.15) is 0 Å². The first kappa shape index (κ1) is 13.3. The number of rotatable bonds is 9. The van der Waals surface area contributed by atoms with E-state index in [4.69, 9.17) is 0 Å². The van der Waals surface area contributed by atoms with Gasteiger partial charge in [-0.1, -0.05) is 13.3 Å². The van der Waals surface area contributed by atoms with Crippen LogP contribution in [-0.4, -0.2) is 48.3 Å². The van der Waals surface area contributed by atoms with Gasteiger partial charge in [-0.05, 0) is 51.6 Å². The van der Waals surface area contributed by atoms with Gasteiger partial charge >= 0.3 is 0 Å². The first-order chi connectivity index (χ1) is 8.20. The lowest BCUT2D eigenvalue weighted by atomic mass is 9.93. The molecule has 2 aliphatic carbocycles. The quantitative estimate of drug-likeness (QED) is 0.643. The molecule has 0 aromatic rings. The van der Waals surface area contributed by atoms with E-state index in [-0.39, 0.29) is 5.54 Å². The Morgan fingerprint density at radius 2 is 2.00 bits per heavy atom. The number of unbranched alkanes of at least 4 members (excludes halogenated alkanes) is 1. The number of aliphatic hydroxyl groups is 1. The largest absolute Gasteiger partial charge is 0.394 e. The number of likely N-dealkylation sites (N-methyl/N-ethyl adjacent to an activating group) is 1. The van der Waals surface area contributed by atoms with Crippen LogP contribution in [0.3, 0.4) is 0 Å². The molecule has 0 saturated heterocycles. The van der Waals surface area contributed by atoms with Crippen LogP contribution in [0.2, 0.25) is 0 Å². The lowest BCUT2D eigenvalue weighted by Gasteiger charge is -2.37. The summed E-state index contributed by atoms with van der Waals surface area (Å²) in [4.78, 5) is 2.40. The normalized spacial score (nSPS) is 24.0. The standard InChI is InChI=1S/C14H28N2O/c1-3-4-9-16(2)10-14(11-17,12-5-6-12)15-13-7-8-13/h12-13,15,17H,3-11H2,1-2H3. The molecule has 0 heterocycles. The van der Waals surface area contributed by atoms with Crippen molar-refractivity contribution in [2.45, 2.75) is 57.0 Å². The first-order valence-electron chi connectivity index (χ1n) is 7.27. The molecule has 17 heavy (non-hydrogen) atoms. The molecule has 1 atom stereocenters. The highest BCUT2D eigenvalue weighted by Gasteiger charge is 2.47. The van der Waals surface area contributed by atoms with Crippen molar-refractivity contribution in [1.29, 1.82) is 0 Å². The molecule has 2 saturated carbocycles. The molecule has 0 spiro atoms. The van der Waals surface area contributed by atoms with Crippen molar-refractivity contribution in [3.8, 4) is 0 Å². The van der Waals surface area contributed by atoms with E-state index in [2.05, 4.69) is 24.2 Å². The average Bonchev–Trinajstić information content (AvgIpc) is 3.15. The first-order valence-corrected chi connectivity index (χ1v) is 7.27. The monoisotopic (exact) mass is 240 g/mol. The summed E-state index contributed by atoms with van der Waals surface area (Å²) in [7, 11) is 2.19. The predicted molar refractivity (Wildman–Crippen MR) is 71.1 cm³/mol. The number of aliphatic hydroxyl groups excluding tert-OH is 1. The molecular formula is C14H28N2O. The minimum absolute atomic E-state index is 0.0103. The molecule has 0 aliphatic heterocycles. The molecule has 2 fully saturated rings. The summed E-state index contributed by atoms with van der Waals surface area (Å²) in [6.07, 6.45) is 7.69. The predicted octanol–water partition coefficient (Wildman–Crippen LogP) is 1.61. The van der Waals surface area contributed by atoms with Crippen molar-refractivity contribution in [1.82, 2.24) is 10.2 Å². The molecular weight excluding hydrogens is 212 g/mol. The van der Waals surface area contributed by atoms with Crippen LogP contribution in [0.25, 0.3) is 0 Å². The Bertz CT molecular complexity index is 238. The second-order valence-corrected chi connectivity index (χ2v) is 6.10. The van der Waals surface area contributed by atoms with Crippen molar-refractivity contribution >= 4 is 0 Å². The average molecular weight is 240 g/mol. The molecule has 2 rings (SSSR count). The molecule has 2 aliphatic rings. The molecule has 0 aromatic heterocycles. The zero-order valence-corrected chi connectivity index (χ0v) is 11.4. The molecule has 3 nitrogen and oxygen atoms in total. The SMILES string of the molecule is CCCCN(C)CC(CO)(NC1CC1)C1CC1. The van der Waals surface area contributed by atoms with Gasteiger partial charge in [-0.15, -0.1) is 0 Å². The van der Waals surface area contributed by atoms with Crippen LogP contribution in [0.15, 0.2) is 0 Å². The molecule has 3 heteroatoms. The second-order valence-electron chi connectivity index (χ2n) is 6.10. The third kappa shape index (κ3) is 3.67. The fourth-order valence-electron chi connectivity index (χ4n) is 2.78. The zero-order chi connectivity index (χ0) is 12.3. The molecule has 0 aromatic carbocycles. The van der Waals surface area contributed by atoms with Crippen LogP contribution in [0, 0.1) is 5.92 Å². The Hall–Kier alpha value is -0.120. The lowest BCUT2D eigenvalue weighted by Crippen LogP contribution is -2.58. The Morgan fingerprint density at radius 1 is 1.29 bits per heavy atom. The maximum Gasteiger partial charge on any atom is 0.0628 e. The van der Waals surface area contributed by atoms with Gasteiger partial charge in [0.05, 0.1) is 12.1 Å². The van der Waals surface area contributed by atoms with Gasteiger partial charge in [-0.3, -0.25) is 0 Å². The van der Waals surface area contributed by atoms with Gasteiger partial charge in [-0.25, -0.2) is 0 Å². The van der Waals surface area contributed by atoms with Crippen molar-refractivity contribution in [3.63, 3.8) is 0 Å². The Balaban J connectivity index is 1.88. The van der Waals surface area contributed by atoms with Gasteiger partial charge < -0.3 is 15.3 Å². The van der Waals surface area contributed by atoms with Crippen molar-refractivity contribution < 1.29 is 5.11 Å². The van der Waals surface area contributed by atoms with E-state index in [0.717, 1.165) is 13.1 Å². The smallest absolute Gasteiger partial charge is 0.0628 e. The summed E-state index contributed by atoms with van der Waals surface area (Å²) in [5.41, 5.74) is -0.0103. The van der Waals surface area contributed by atoms with Gasteiger partial charge in [0.25, 0.3) is 0 Å².